The number of aromatic nitrogens is 4. The number of H-pyrrole nitrogens is 2. The Labute approximate surface area is 291 Å². The van der Waals surface area contributed by atoms with Crippen molar-refractivity contribution in [3.8, 4) is 0 Å². The van der Waals surface area contributed by atoms with Crippen molar-refractivity contribution in [3.63, 3.8) is 0 Å². The number of hydrogen-bond donors (Lipinski definition) is 2. The first-order chi connectivity index (χ1) is 21.2. The highest BCUT2D eigenvalue weighted by molar-refractivity contribution is 6.67. The number of ether oxygens (including phenoxy) is 2. The monoisotopic (exact) mass is 714 g/mol. The molecule has 4 heterocycles. The summed E-state index contributed by atoms with van der Waals surface area (Å²) in [5.41, 5.74) is 2.21. The third-order valence-electron chi connectivity index (χ3n) is 7.43. The number of carbonyl (C=O) groups is 2. The van der Waals surface area contributed by atoms with E-state index in [1.54, 1.807) is 18.1 Å². The van der Waals surface area contributed by atoms with Crippen LogP contribution in [-0.2, 0) is 32.0 Å². The molecule has 0 atom stereocenters. The molecule has 0 radical (unpaired) electrons. The van der Waals surface area contributed by atoms with Crippen molar-refractivity contribution in [2.24, 2.45) is 0 Å². The number of hydrogen-bond acceptors (Lipinski definition) is 7. The molecule has 0 saturated carbocycles. The zero-order valence-electron chi connectivity index (χ0n) is 27.6. The Hall–Kier alpha value is -1.40. The van der Waals surface area contributed by atoms with Gasteiger partial charge in [0, 0.05) is 57.2 Å². The molecular weight excluding hydrogens is 662 g/mol. The number of amides is 1. The minimum Gasteiger partial charge on any atom is -0.381 e. The highest BCUT2D eigenvalue weighted by Crippen LogP contribution is 2.25. The molecule has 0 spiro atoms. The van der Waals surface area contributed by atoms with E-state index in [4.69, 9.17) is 44.3 Å². The molecule has 2 aromatic rings. The summed E-state index contributed by atoms with van der Waals surface area (Å²) < 4.78 is 10.7. The van der Waals surface area contributed by atoms with Gasteiger partial charge in [-0.1, -0.05) is 34.1 Å². The number of aryl methyl sites for hydroxylation is 1. The molecule has 2 aliphatic heterocycles. The molecule has 14 heteroatoms. The van der Waals surface area contributed by atoms with Crippen molar-refractivity contribution >= 4 is 58.4 Å². The maximum absolute atomic E-state index is 11.4. The number of nitrogens with zero attached hydrogens (tertiary/aromatic N) is 4. The van der Waals surface area contributed by atoms with E-state index in [0.717, 1.165) is 75.9 Å². The van der Waals surface area contributed by atoms with E-state index in [1.807, 2.05) is 6.20 Å². The molecule has 2 N–H and O–H groups in total. The van der Waals surface area contributed by atoms with Gasteiger partial charge >= 0.3 is 0 Å². The maximum atomic E-state index is 11.4. The minimum atomic E-state index is -0.508. The molecule has 260 valence electrons. The lowest BCUT2D eigenvalue weighted by molar-refractivity contribution is -0.127. The molecule has 10 nitrogen and oxygen atoms in total. The van der Waals surface area contributed by atoms with Crippen LogP contribution in [0.3, 0.4) is 0 Å². The maximum Gasteiger partial charge on any atom is 0.237 e. The van der Waals surface area contributed by atoms with Gasteiger partial charge in [-0.05, 0) is 63.3 Å². The molecule has 2 fully saturated rings. The normalized spacial score (nSPS) is 15.0. The van der Waals surface area contributed by atoms with E-state index >= 15 is 0 Å². The van der Waals surface area contributed by atoms with Crippen LogP contribution in [0.2, 0.25) is 0 Å². The fraction of sp³-hybridized carbons (Fsp3) is 0.742. The van der Waals surface area contributed by atoms with E-state index in [-0.39, 0.29) is 30.1 Å². The summed E-state index contributed by atoms with van der Waals surface area (Å²) in [5, 5.41) is -0.508. The van der Waals surface area contributed by atoms with E-state index in [1.165, 1.54) is 31.7 Å². The highest BCUT2D eigenvalue weighted by atomic mass is 35.5. The third kappa shape index (κ3) is 18.5. The number of carbonyl (C=O) groups excluding carboxylic acids is 2. The lowest BCUT2D eigenvalue weighted by Crippen LogP contribution is -2.27. The van der Waals surface area contributed by atoms with Crippen molar-refractivity contribution in [2.75, 3.05) is 64.9 Å². The standard InChI is InChI=1S/C12H18ClN3O2.C11H18N2O.C6H15N.C2H2Cl2O.ClH/c1-16(11(17)6-13)8-10-7-14-12(15-10)9-2-4-18-5-3-9;1-2-3-10-8-12-11(13-10)9-4-6-14-7-5-9;1-4-7(5-2)6-3;3-1-2(4)5;/h7,9H,2-6,8H2,1H3,(H,14,15);8-9H,2-7H2,1H3,(H,12,13);4-6H2,1-3H3;1H2;1H. The summed E-state index contributed by atoms with van der Waals surface area (Å²) >= 11 is 15.1. The van der Waals surface area contributed by atoms with Crippen molar-refractivity contribution < 1.29 is 19.1 Å². The van der Waals surface area contributed by atoms with Gasteiger partial charge < -0.3 is 29.2 Å². The van der Waals surface area contributed by atoms with E-state index in [0.29, 0.717) is 18.4 Å². The minimum absolute atomic E-state index is 0. The first-order valence-corrected chi connectivity index (χ1v) is 17.2. The average Bonchev–Trinajstić information content (AvgIpc) is 3.73. The van der Waals surface area contributed by atoms with E-state index < -0.39 is 5.24 Å². The fourth-order valence-corrected chi connectivity index (χ4v) is 4.91. The number of alkyl halides is 2. The van der Waals surface area contributed by atoms with Gasteiger partial charge in [0.1, 0.15) is 17.5 Å². The van der Waals surface area contributed by atoms with Gasteiger partial charge in [0.25, 0.3) is 0 Å². The molecule has 2 aliphatic rings. The van der Waals surface area contributed by atoms with Crippen LogP contribution in [0.4, 0.5) is 0 Å². The van der Waals surface area contributed by atoms with Crippen LogP contribution < -0.4 is 0 Å². The van der Waals surface area contributed by atoms with Gasteiger partial charge in [-0.15, -0.1) is 35.6 Å². The lowest BCUT2D eigenvalue weighted by atomic mass is 10.00. The summed E-state index contributed by atoms with van der Waals surface area (Å²) in [7, 11) is 1.74. The molecule has 45 heavy (non-hydrogen) atoms. The molecule has 0 aromatic carbocycles. The Morgan fingerprint density at radius 3 is 1.60 bits per heavy atom. The molecule has 0 unspecified atom stereocenters. The number of rotatable bonds is 11. The quantitative estimate of drug-likeness (QED) is 0.201. The highest BCUT2D eigenvalue weighted by Gasteiger charge is 2.20. The number of nitrogens with one attached hydrogen (secondary N) is 2. The summed E-state index contributed by atoms with van der Waals surface area (Å²) in [6, 6.07) is 0. The summed E-state index contributed by atoms with van der Waals surface area (Å²) in [6.07, 6.45) is 10.3. The van der Waals surface area contributed by atoms with Crippen LogP contribution in [0.5, 0.6) is 0 Å². The third-order valence-corrected chi connectivity index (χ3v) is 8.17. The van der Waals surface area contributed by atoms with E-state index in [9.17, 15) is 9.59 Å². The van der Waals surface area contributed by atoms with Crippen LogP contribution in [-0.4, -0.2) is 106 Å². The predicted molar refractivity (Wildman–Crippen MR) is 186 cm³/mol. The van der Waals surface area contributed by atoms with Gasteiger partial charge in [-0.25, -0.2) is 9.97 Å². The molecule has 4 rings (SSSR count). The van der Waals surface area contributed by atoms with Gasteiger partial charge in [0.15, 0.2) is 0 Å². The zero-order chi connectivity index (χ0) is 32.7. The molecule has 2 saturated heterocycles. The van der Waals surface area contributed by atoms with Crippen LogP contribution >= 0.6 is 47.2 Å². The van der Waals surface area contributed by atoms with Crippen LogP contribution in [0.15, 0.2) is 12.4 Å². The SMILES string of the molecule is CCCc1cnc(C2CCOCC2)[nH]1.CCN(CC)CC.CN(Cc1cnc(C2CCOCC2)[nH]1)C(=O)CCl.Cl.O=C(Cl)CCl. The smallest absolute Gasteiger partial charge is 0.237 e. The van der Waals surface area contributed by atoms with Gasteiger partial charge in [0.05, 0.1) is 24.3 Å². The summed E-state index contributed by atoms with van der Waals surface area (Å²) in [6.45, 7) is 16.2. The Morgan fingerprint density at radius 1 is 0.822 bits per heavy atom. The zero-order valence-corrected chi connectivity index (χ0v) is 30.7. The molecule has 0 aliphatic carbocycles. The molecule has 0 bridgehead atoms. The first kappa shape index (κ1) is 43.6. The van der Waals surface area contributed by atoms with Gasteiger partial charge in [-0.3, -0.25) is 9.59 Å². The Balaban J connectivity index is 0.000000636. The van der Waals surface area contributed by atoms with Crippen LogP contribution in [0, 0.1) is 0 Å². The average molecular weight is 717 g/mol. The molecular formula is C31H54Cl4N6O4. The Kier molecular flexibility index (Phi) is 25.8. The van der Waals surface area contributed by atoms with Crippen molar-refractivity contribution in [2.45, 2.75) is 84.6 Å². The summed E-state index contributed by atoms with van der Waals surface area (Å²) in [5.74, 6) is 3.03. The number of aromatic amines is 2. The topological polar surface area (TPSA) is 116 Å². The predicted octanol–water partition coefficient (Wildman–Crippen LogP) is 6.52. The largest absolute Gasteiger partial charge is 0.381 e. The first-order valence-electron chi connectivity index (χ1n) is 15.7. The van der Waals surface area contributed by atoms with Gasteiger partial charge in [0.2, 0.25) is 11.1 Å². The van der Waals surface area contributed by atoms with Crippen LogP contribution in [0.1, 0.15) is 94.7 Å². The van der Waals surface area contributed by atoms with Crippen molar-refractivity contribution in [1.29, 1.82) is 0 Å². The Morgan fingerprint density at radius 2 is 1.24 bits per heavy atom. The second kappa shape index (κ2) is 26.6. The second-order valence-corrected chi connectivity index (χ2v) is 11.6. The molecule has 1 amide bonds. The number of imidazole rings is 2. The Bertz CT molecular complexity index is 1020. The fourth-order valence-electron chi connectivity index (χ4n) is 4.70. The summed E-state index contributed by atoms with van der Waals surface area (Å²) in [4.78, 5) is 40.3. The second-order valence-electron chi connectivity index (χ2n) is 10.6. The van der Waals surface area contributed by atoms with Crippen LogP contribution in [0.25, 0.3) is 0 Å². The lowest BCUT2D eigenvalue weighted by Gasteiger charge is -2.20. The van der Waals surface area contributed by atoms with Crippen molar-refractivity contribution in [3.05, 3.63) is 35.4 Å². The number of halogens is 4. The van der Waals surface area contributed by atoms with Gasteiger partial charge in [-0.2, -0.15) is 0 Å². The van der Waals surface area contributed by atoms with E-state index in [2.05, 4.69) is 52.5 Å². The molecule has 2 aromatic heterocycles. The van der Waals surface area contributed by atoms with Crippen molar-refractivity contribution in [1.82, 2.24) is 29.7 Å².